The van der Waals surface area contributed by atoms with Crippen molar-refractivity contribution in [1.82, 2.24) is 24.3 Å². The molecule has 1 aliphatic heterocycles. The first-order valence-electron chi connectivity index (χ1n) is 9.57. The molecule has 0 spiro atoms. The third kappa shape index (κ3) is 3.70. The quantitative estimate of drug-likeness (QED) is 0.633. The molecule has 0 amide bonds. The van der Waals surface area contributed by atoms with Gasteiger partial charge in [-0.15, -0.1) is 0 Å². The Balaban J connectivity index is 1.74. The van der Waals surface area contributed by atoms with E-state index >= 15 is 0 Å². The molecule has 9 heteroatoms. The number of benzene rings is 1. The normalized spacial score (nSPS) is 15.3. The summed E-state index contributed by atoms with van der Waals surface area (Å²) in [6.45, 7) is 7.96. The van der Waals surface area contributed by atoms with Crippen LogP contribution in [0, 0.1) is 6.92 Å². The minimum absolute atomic E-state index is 0.169. The number of hydrogen-bond acceptors (Lipinski definition) is 7. The maximum absolute atomic E-state index is 9.95. The van der Waals surface area contributed by atoms with Crippen molar-refractivity contribution in [1.29, 1.82) is 0 Å². The highest BCUT2D eigenvalue weighted by Crippen LogP contribution is 2.37. The number of aliphatic hydroxyl groups is 2. The van der Waals surface area contributed by atoms with Gasteiger partial charge in [0.1, 0.15) is 42.1 Å². The van der Waals surface area contributed by atoms with Gasteiger partial charge in [0, 0.05) is 25.2 Å². The van der Waals surface area contributed by atoms with Crippen molar-refractivity contribution < 1.29 is 19.7 Å². The lowest BCUT2D eigenvalue weighted by Gasteiger charge is -2.22. The zero-order valence-corrected chi connectivity index (χ0v) is 17.0. The molecule has 0 bridgehead atoms. The van der Waals surface area contributed by atoms with Crippen molar-refractivity contribution in [2.45, 2.75) is 46.1 Å². The van der Waals surface area contributed by atoms with E-state index in [0.29, 0.717) is 30.5 Å². The molecule has 3 aromatic rings. The first kappa shape index (κ1) is 19.4. The summed E-state index contributed by atoms with van der Waals surface area (Å²) in [6.07, 6.45) is 1.97. The van der Waals surface area contributed by atoms with Crippen LogP contribution in [0.3, 0.4) is 0 Å². The van der Waals surface area contributed by atoms with Crippen LogP contribution in [0.1, 0.15) is 32.6 Å². The molecule has 4 rings (SSSR count). The van der Waals surface area contributed by atoms with Crippen LogP contribution in [-0.4, -0.2) is 53.5 Å². The van der Waals surface area contributed by atoms with Gasteiger partial charge in [-0.3, -0.25) is 0 Å². The number of fused-ring (bicyclic) bond motifs is 3. The lowest BCUT2D eigenvalue weighted by atomic mass is 10.1. The van der Waals surface area contributed by atoms with E-state index in [0.717, 1.165) is 22.9 Å². The maximum Gasteiger partial charge on any atom is 0.228 e. The van der Waals surface area contributed by atoms with Gasteiger partial charge in [-0.1, -0.05) is 0 Å². The Morgan fingerprint density at radius 1 is 1.28 bits per heavy atom. The number of hydrogen-bond donors (Lipinski definition) is 2. The molecular weight excluding hydrogens is 374 g/mol. The Morgan fingerprint density at radius 3 is 2.79 bits per heavy atom. The first-order chi connectivity index (χ1) is 13.8. The molecule has 29 heavy (non-hydrogen) atoms. The highest BCUT2D eigenvalue weighted by molar-refractivity contribution is 5.69. The lowest BCUT2D eigenvalue weighted by Crippen LogP contribution is -2.35. The largest absolute Gasteiger partial charge is 0.491 e. The second-order valence-corrected chi connectivity index (χ2v) is 7.61. The van der Waals surface area contributed by atoms with Crippen molar-refractivity contribution in [2.24, 2.45) is 0 Å². The molecule has 3 heterocycles. The van der Waals surface area contributed by atoms with Crippen LogP contribution < -0.4 is 9.47 Å². The highest BCUT2D eigenvalue weighted by Gasteiger charge is 2.25. The van der Waals surface area contributed by atoms with E-state index in [1.54, 1.807) is 12.1 Å². The van der Waals surface area contributed by atoms with E-state index in [1.165, 1.54) is 6.92 Å². The van der Waals surface area contributed by atoms with Crippen LogP contribution in [0.25, 0.3) is 22.9 Å². The standard InChI is InChI=1S/C20H25N5O4/c1-12(2)25-19(21-13(3)23-25)16-10-24-7-8-28-17-9-14(29-20(4,27)11-26)5-6-15(17)18(24)22-16/h5-6,9-10,12,26-27H,7-8,11H2,1-4H3. The summed E-state index contributed by atoms with van der Waals surface area (Å²) in [6, 6.07) is 5.42. The summed E-state index contributed by atoms with van der Waals surface area (Å²) in [4.78, 5) is 9.39. The van der Waals surface area contributed by atoms with Crippen LogP contribution in [0.4, 0.5) is 0 Å². The van der Waals surface area contributed by atoms with Gasteiger partial charge < -0.3 is 24.3 Å². The number of nitrogens with zero attached hydrogens (tertiary/aromatic N) is 5. The second kappa shape index (κ2) is 7.16. The van der Waals surface area contributed by atoms with Crippen LogP contribution in [0.5, 0.6) is 11.5 Å². The van der Waals surface area contributed by atoms with Gasteiger partial charge in [0.2, 0.25) is 5.79 Å². The van der Waals surface area contributed by atoms with Crippen LogP contribution >= 0.6 is 0 Å². The number of aryl methyl sites for hydroxylation is 1. The van der Waals surface area contributed by atoms with Crippen LogP contribution in [-0.2, 0) is 6.54 Å². The van der Waals surface area contributed by atoms with E-state index in [4.69, 9.17) is 14.5 Å². The van der Waals surface area contributed by atoms with E-state index in [2.05, 4.69) is 23.9 Å². The number of aliphatic hydroxyl groups excluding tert-OH is 1. The third-order valence-corrected chi connectivity index (χ3v) is 4.65. The van der Waals surface area contributed by atoms with Gasteiger partial charge in [0.25, 0.3) is 0 Å². The molecular formula is C20H25N5O4. The van der Waals surface area contributed by atoms with Crippen molar-refractivity contribution >= 4 is 0 Å². The molecule has 1 atom stereocenters. The van der Waals surface area contributed by atoms with Crippen molar-refractivity contribution in [3.8, 4) is 34.4 Å². The Bertz CT molecular complexity index is 1040. The number of imidazole rings is 1. The predicted octanol–water partition coefficient (Wildman–Crippen LogP) is 2.17. The fraction of sp³-hybridized carbons (Fsp3) is 0.450. The Morgan fingerprint density at radius 2 is 2.07 bits per heavy atom. The number of rotatable bonds is 5. The molecule has 0 saturated heterocycles. The van der Waals surface area contributed by atoms with Gasteiger partial charge >= 0.3 is 0 Å². The molecule has 1 aromatic carbocycles. The molecule has 0 radical (unpaired) electrons. The minimum atomic E-state index is -1.66. The molecule has 9 nitrogen and oxygen atoms in total. The summed E-state index contributed by atoms with van der Waals surface area (Å²) in [5.74, 6) is 1.55. The average Bonchev–Trinajstić information content (AvgIpc) is 3.21. The second-order valence-electron chi connectivity index (χ2n) is 7.61. The number of aromatic nitrogens is 5. The molecule has 0 aliphatic carbocycles. The third-order valence-electron chi connectivity index (χ3n) is 4.65. The Kier molecular flexibility index (Phi) is 4.79. The van der Waals surface area contributed by atoms with Crippen molar-refractivity contribution in [3.05, 3.63) is 30.2 Å². The Labute approximate surface area is 168 Å². The monoisotopic (exact) mass is 399 g/mol. The summed E-state index contributed by atoms with van der Waals surface area (Å²) < 4.78 is 15.2. The molecule has 0 fully saturated rings. The molecule has 0 saturated carbocycles. The van der Waals surface area contributed by atoms with E-state index in [-0.39, 0.29) is 6.04 Å². The van der Waals surface area contributed by atoms with Gasteiger partial charge in [0.05, 0.1) is 12.1 Å². The predicted molar refractivity (Wildman–Crippen MR) is 106 cm³/mol. The highest BCUT2D eigenvalue weighted by atomic mass is 16.6. The number of ether oxygens (including phenoxy) is 2. The topological polar surface area (TPSA) is 107 Å². The Hall–Kier alpha value is -2.91. The van der Waals surface area contributed by atoms with E-state index in [9.17, 15) is 10.2 Å². The fourth-order valence-electron chi connectivity index (χ4n) is 3.28. The van der Waals surface area contributed by atoms with Gasteiger partial charge in [-0.05, 0) is 32.9 Å². The van der Waals surface area contributed by atoms with Crippen molar-refractivity contribution in [2.75, 3.05) is 13.2 Å². The average molecular weight is 399 g/mol. The van der Waals surface area contributed by atoms with Gasteiger partial charge in [0.15, 0.2) is 5.82 Å². The fourth-order valence-corrected chi connectivity index (χ4v) is 3.28. The molecule has 2 aromatic heterocycles. The molecule has 1 aliphatic rings. The molecule has 1 unspecified atom stereocenters. The molecule has 154 valence electrons. The smallest absolute Gasteiger partial charge is 0.228 e. The summed E-state index contributed by atoms with van der Waals surface area (Å²) >= 11 is 0. The summed E-state index contributed by atoms with van der Waals surface area (Å²) in [7, 11) is 0. The molecule has 2 N–H and O–H groups in total. The minimum Gasteiger partial charge on any atom is -0.491 e. The van der Waals surface area contributed by atoms with E-state index in [1.807, 2.05) is 28.4 Å². The van der Waals surface area contributed by atoms with Gasteiger partial charge in [-0.2, -0.15) is 5.10 Å². The zero-order valence-electron chi connectivity index (χ0n) is 17.0. The van der Waals surface area contributed by atoms with Crippen molar-refractivity contribution in [3.63, 3.8) is 0 Å². The van der Waals surface area contributed by atoms with Crippen LogP contribution in [0.15, 0.2) is 24.4 Å². The summed E-state index contributed by atoms with van der Waals surface area (Å²) in [5.41, 5.74) is 1.57. The van der Waals surface area contributed by atoms with Gasteiger partial charge in [-0.25, -0.2) is 14.6 Å². The van der Waals surface area contributed by atoms with E-state index < -0.39 is 12.4 Å². The summed E-state index contributed by atoms with van der Waals surface area (Å²) in [5, 5.41) is 23.6. The zero-order chi connectivity index (χ0) is 20.8. The lowest BCUT2D eigenvalue weighted by molar-refractivity contribution is -0.150. The maximum atomic E-state index is 9.95. The first-order valence-corrected chi connectivity index (χ1v) is 9.57. The SMILES string of the molecule is Cc1nc(-c2cn3c(n2)-c2ccc(OC(C)(O)CO)cc2OCC3)n(C(C)C)n1. The van der Waals surface area contributed by atoms with Crippen LogP contribution in [0.2, 0.25) is 0 Å².